The number of Topliss-reactive ketones (excluding diaryl/α,β-unsaturated/α-hetero) is 3. The van der Waals surface area contributed by atoms with Crippen LogP contribution in [-0.4, -0.2) is 63.4 Å². The Morgan fingerprint density at radius 2 is 1.67 bits per heavy atom. The van der Waals surface area contributed by atoms with Gasteiger partial charge in [0.1, 0.15) is 28.7 Å². The fourth-order valence-corrected chi connectivity index (χ4v) is 10.3. The molecule has 10 atom stereocenters. The highest BCUT2D eigenvalue weighted by molar-refractivity contribution is 5.97. The van der Waals surface area contributed by atoms with E-state index in [-0.39, 0.29) is 66.9 Å². The van der Waals surface area contributed by atoms with Crippen molar-refractivity contribution in [3.63, 3.8) is 0 Å². The summed E-state index contributed by atoms with van der Waals surface area (Å²) in [6, 6.07) is 0. The van der Waals surface area contributed by atoms with E-state index in [1.165, 1.54) is 0 Å². The van der Waals surface area contributed by atoms with E-state index >= 15 is 0 Å². The minimum atomic E-state index is -1.18. The first-order valence-corrected chi connectivity index (χ1v) is 16.2. The first-order chi connectivity index (χ1) is 19.7. The highest BCUT2D eigenvalue weighted by atomic mass is 16.6. The molecule has 3 saturated carbocycles. The number of ether oxygens (including phenoxy) is 2. The first-order valence-electron chi connectivity index (χ1n) is 16.2. The summed E-state index contributed by atoms with van der Waals surface area (Å²) in [5, 5.41) is 10.2. The van der Waals surface area contributed by atoms with Gasteiger partial charge in [-0.2, -0.15) is 0 Å². The minimum Gasteiger partial charge on any atom is -0.481 e. The molecule has 3 aliphatic carbocycles. The van der Waals surface area contributed by atoms with E-state index in [9.17, 15) is 29.1 Å². The van der Waals surface area contributed by atoms with Crippen LogP contribution in [0.15, 0.2) is 0 Å². The van der Waals surface area contributed by atoms with Crippen LogP contribution in [0.25, 0.3) is 0 Å². The Balaban J connectivity index is 1.52. The van der Waals surface area contributed by atoms with Crippen molar-refractivity contribution in [1.82, 2.24) is 4.90 Å². The number of rotatable bonds is 5. The second kappa shape index (κ2) is 10.4. The summed E-state index contributed by atoms with van der Waals surface area (Å²) in [6.07, 6.45) is 2.57. The van der Waals surface area contributed by atoms with Crippen LogP contribution in [0.5, 0.6) is 0 Å². The van der Waals surface area contributed by atoms with Gasteiger partial charge in [-0.1, -0.05) is 34.6 Å². The molecular formula is C34H51NO8. The zero-order valence-corrected chi connectivity index (χ0v) is 27.3. The van der Waals surface area contributed by atoms with Gasteiger partial charge < -0.3 is 14.6 Å². The Bertz CT molecular complexity index is 1220. The van der Waals surface area contributed by atoms with Gasteiger partial charge in [-0.05, 0) is 76.0 Å². The first kappa shape index (κ1) is 32.1. The van der Waals surface area contributed by atoms with Crippen LogP contribution in [0, 0.1) is 45.8 Å². The molecule has 240 valence electrons. The van der Waals surface area contributed by atoms with Crippen molar-refractivity contribution in [2.75, 3.05) is 6.54 Å². The molecular weight excluding hydrogens is 550 g/mol. The summed E-state index contributed by atoms with van der Waals surface area (Å²) in [5.41, 5.74) is -4.78. The maximum atomic E-state index is 14.5. The lowest BCUT2D eigenvalue weighted by atomic mass is 9.37. The number of likely N-dealkylation sites (tertiary alicyclic amines) is 1. The quantitative estimate of drug-likeness (QED) is 0.418. The number of hydrogen-bond acceptors (Lipinski definition) is 7. The molecule has 0 unspecified atom stereocenters. The van der Waals surface area contributed by atoms with Crippen LogP contribution in [0.4, 0.5) is 4.79 Å². The Hall–Kier alpha value is -2.29. The lowest BCUT2D eigenvalue weighted by Crippen LogP contribution is -2.67. The Morgan fingerprint density at radius 3 is 2.30 bits per heavy atom. The number of carbonyl (C=O) groups is 5. The molecule has 2 heterocycles. The zero-order chi connectivity index (χ0) is 31.9. The molecule has 5 fully saturated rings. The number of nitrogens with zero attached hydrogens (tertiary/aromatic N) is 1. The van der Waals surface area contributed by atoms with E-state index in [2.05, 4.69) is 6.92 Å². The third-order valence-corrected chi connectivity index (χ3v) is 12.2. The second-order valence-corrected chi connectivity index (χ2v) is 16.6. The van der Waals surface area contributed by atoms with Gasteiger partial charge in [0.05, 0.1) is 19.1 Å². The van der Waals surface area contributed by atoms with E-state index < -0.39 is 51.5 Å². The van der Waals surface area contributed by atoms with Crippen LogP contribution in [0.1, 0.15) is 113 Å². The summed E-state index contributed by atoms with van der Waals surface area (Å²) in [5.74, 6) is -1.86. The van der Waals surface area contributed by atoms with Crippen molar-refractivity contribution in [3.8, 4) is 0 Å². The van der Waals surface area contributed by atoms with Crippen LogP contribution in [0.3, 0.4) is 0 Å². The second-order valence-electron chi connectivity index (χ2n) is 16.6. The normalized spacial score (nSPS) is 44.6. The fraction of sp³-hybridized carbons (Fsp3) is 0.853. The summed E-state index contributed by atoms with van der Waals surface area (Å²) in [6.45, 7) is 15.7. The molecule has 0 aromatic carbocycles. The molecule has 9 heteroatoms. The van der Waals surface area contributed by atoms with E-state index in [1.54, 1.807) is 4.90 Å². The minimum absolute atomic E-state index is 0.0623. The average molecular weight is 602 g/mol. The van der Waals surface area contributed by atoms with Gasteiger partial charge >= 0.3 is 12.1 Å². The van der Waals surface area contributed by atoms with Crippen molar-refractivity contribution < 1.29 is 38.6 Å². The van der Waals surface area contributed by atoms with Crippen molar-refractivity contribution in [2.45, 2.75) is 131 Å². The number of hydrogen-bond donors (Lipinski definition) is 1. The monoisotopic (exact) mass is 601 g/mol. The molecule has 0 aromatic rings. The van der Waals surface area contributed by atoms with Crippen molar-refractivity contribution in [3.05, 3.63) is 0 Å². The van der Waals surface area contributed by atoms with Crippen molar-refractivity contribution in [1.29, 1.82) is 0 Å². The maximum absolute atomic E-state index is 14.5. The summed E-state index contributed by atoms with van der Waals surface area (Å²) in [4.78, 5) is 69.4. The molecule has 9 nitrogen and oxygen atoms in total. The van der Waals surface area contributed by atoms with E-state index in [0.717, 1.165) is 12.8 Å². The molecule has 0 radical (unpaired) electrons. The largest absolute Gasteiger partial charge is 0.481 e. The molecule has 5 rings (SSSR count). The van der Waals surface area contributed by atoms with Gasteiger partial charge in [0.2, 0.25) is 0 Å². The van der Waals surface area contributed by atoms with Crippen molar-refractivity contribution >= 4 is 29.4 Å². The van der Waals surface area contributed by atoms with Crippen LogP contribution in [0.2, 0.25) is 0 Å². The molecule has 5 aliphatic rings. The molecule has 1 N–H and O–H groups in total. The molecule has 2 saturated heterocycles. The van der Waals surface area contributed by atoms with Crippen molar-refractivity contribution in [2.24, 2.45) is 45.8 Å². The Labute approximate surface area is 255 Å². The summed E-state index contributed by atoms with van der Waals surface area (Å²) in [7, 11) is 0. The standard InChI is InChI=1S/C34H51NO8/c1-19-12-23-22(24(36)13-19)14-25(37)28-31(23,6)16-26(38)32(7,33(28,8)17-27(39)40)9-10-34-15-20(2)11-21(42-34)18-35(34)29(41)43-30(3,4)5/h19-23,28H,9-18H2,1-8H3,(H,39,40)/t19-,20+,21-,22+,23-,28+,31+,32-,33+,34+/m1/s1. The number of carboxylic acid groups (broad SMARTS) is 1. The van der Waals surface area contributed by atoms with E-state index in [4.69, 9.17) is 9.47 Å². The van der Waals surface area contributed by atoms with Gasteiger partial charge in [0, 0.05) is 41.9 Å². The van der Waals surface area contributed by atoms with E-state index in [0.29, 0.717) is 25.8 Å². The van der Waals surface area contributed by atoms with Gasteiger partial charge in [0.25, 0.3) is 0 Å². The number of carbonyl (C=O) groups excluding carboxylic acids is 4. The number of amides is 1. The van der Waals surface area contributed by atoms with Crippen LogP contribution < -0.4 is 0 Å². The Morgan fingerprint density at radius 1 is 1.00 bits per heavy atom. The average Bonchev–Trinajstić information content (AvgIpc) is 3.11. The highest BCUT2D eigenvalue weighted by Gasteiger charge is 2.70. The van der Waals surface area contributed by atoms with Gasteiger partial charge in [0.15, 0.2) is 0 Å². The predicted molar refractivity (Wildman–Crippen MR) is 158 cm³/mol. The highest BCUT2D eigenvalue weighted by Crippen LogP contribution is 2.68. The number of carboxylic acids is 1. The summed E-state index contributed by atoms with van der Waals surface area (Å²) < 4.78 is 12.3. The van der Waals surface area contributed by atoms with Gasteiger partial charge in [-0.15, -0.1) is 0 Å². The Kier molecular flexibility index (Phi) is 7.75. The van der Waals surface area contributed by atoms with Gasteiger partial charge in [-0.25, -0.2) is 4.79 Å². The van der Waals surface area contributed by atoms with E-state index in [1.807, 2.05) is 48.5 Å². The summed E-state index contributed by atoms with van der Waals surface area (Å²) >= 11 is 0. The van der Waals surface area contributed by atoms with Crippen LogP contribution in [-0.2, 0) is 28.7 Å². The lowest BCUT2D eigenvalue weighted by Gasteiger charge is -2.64. The van der Waals surface area contributed by atoms with Crippen LogP contribution >= 0.6 is 0 Å². The third-order valence-electron chi connectivity index (χ3n) is 12.2. The molecule has 0 spiro atoms. The molecule has 0 aromatic heterocycles. The topological polar surface area (TPSA) is 127 Å². The molecule has 43 heavy (non-hydrogen) atoms. The number of aliphatic carboxylic acids is 1. The predicted octanol–water partition coefficient (Wildman–Crippen LogP) is 5.82. The molecule has 1 amide bonds. The third kappa shape index (κ3) is 5.15. The SMILES string of the molecule is C[C@H]1CC(=O)[C@H]2CC(=O)[C@H]3[C@@](C)(CC(=O)[C@@](C)(CC[C@]45C[C@@H](C)C[C@H](CN4C(=O)OC(C)(C)C)O5)[C@@]3(C)CC(=O)O)[C@@H]2C1. The fourth-order valence-electron chi connectivity index (χ4n) is 10.3. The smallest absolute Gasteiger partial charge is 0.412 e. The number of ketones is 3. The van der Waals surface area contributed by atoms with Gasteiger partial charge in [-0.3, -0.25) is 24.1 Å². The molecule has 2 aliphatic heterocycles. The molecule has 2 bridgehead atoms. The lowest BCUT2D eigenvalue weighted by molar-refractivity contribution is -0.198. The maximum Gasteiger partial charge on any atom is 0.412 e. The number of fused-ring (bicyclic) bond motifs is 5. The zero-order valence-electron chi connectivity index (χ0n) is 27.3.